The van der Waals surface area contributed by atoms with Crippen molar-refractivity contribution in [1.29, 1.82) is 0 Å². The Balaban J connectivity index is 1.40. The van der Waals surface area contributed by atoms with Gasteiger partial charge in [-0.25, -0.2) is 22.7 Å². The van der Waals surface area contributed by atoms with Crippen LogP contribution in [0, 0.1) is 0 Å². The number of aliphatic hydroxyl groups is 1. The van der Waals surface area contributed by atoms with E-state index in [2.05, 4.69) is 46.9 Å². The third-order valence-corrected chi connectivity index (χ3v) is 17.8. The van der Waals surface area contributed by atoms with Gasteiger partial charge < -0.3 is 62.3 Å². The Kier molecular flexibility index (Phi) is 24.3. The van der Waals surface area contributed by atoms with Crippen LogP contribution in [0.25, 0.3) is 10.9 Å². The molecule has 29 heteroatoms. The molecule has 7 amide bonds. The highest BCUT2D eigenvalue weighted by molar-refractivity contribution is 8.76. The van der Waals surface area contributed by atoms with E-state index in [1.165, 1.54) is 31.2 Å². The third-order valence-electron chi connectivity index (χ3n) is 14.0. The van der Waals surface area contributed by atoms with Crippen LogP contribution in [0.2, 0.25) is 0 Å². The lowest BCUT2D eigenvalue weighted by Gasteiger charge is -2.35. The molecule has 6 rings (SSSR count). The number of aliphatic carboxylic acids is 1. The number of sulfonamides is 1. The molecule has 88 heavy (non-hydrogen) atoms. The van der Waals surface area contributed by atoms with Crippen molar-refractivity contribution < 1.29 is 80.0 Å². The number of carboxylic acids is 1. The molecule has 1 aliphatic rings. The maximum absolute atomic E-state index is 15.1. The van der Waals surface area contributed by atoms with Crippen LogP contribution in [0.3, 0.4) is 0 Å². The van der Waals surface area contributed by atoms with Crippen LogP contribution < -0.4 is 41.9 Å². The highest BCUT2D eigenvalue weighted by Crippen LogP contribution is 2.30. The summed E-state index contributed by atoms with van der Waals surface area (Å²) in [5.74, 6) is -9.67. The van der Waals surface area contributed by atoms with Gasteiger partial charge in [0.05, 0.1) is 17.4 Å². The van der Waals surface area contributed by atoms with Crippen molar-refractivity contribution in [2.45, 2.75) is 139 Å². The van der Waals surface area contributed by atoms with Gasteiger partial charge in [0.15, 0.2) is 0 Å². The van der Waals surface area contributed by atoms with E-state index < -0.39 is 140 Å². The van der Waals surface area contributed by atoms with E-state index >= 15 is 4.79 Å². The lowest BCUT2D eigenvalue weighted by molar-refractivity contribution is -0.144. The van der Waals surface area contributed by atoms with E-state index in [1.54, 1.807) is 81.6 Å². The van der Waals surface area contributed by atoms with E-state index in [0.29, 0.717) is 39.7 Å². The number of alkyl halides is 3. The van der Waals surface area contributed by atoms with E-state index in [0.717, 1.165) is 40.6 Å². The third kappa shape index (κ3) is 20.9. The van der Waals surface area contributed by atoms with Gasteiger partial charge in [0.2, 0.25) is 45.5 Å². The summed E-state index contributed by atoms with van der Waals surface area (Å²) in [5.41, 5.74) is -2.16. The van der Waals surface area contributed by atoms with Gasteiger partial charge in [0.25, 0.3) is 0 Å². The van der Waals surface area contributed by atoms with Crippen LogP contribution in [0.1, 0.15) is 81.7 Å². The second-order valence-electron chi connectivity index (χ2n) is 22.2. The molecule has 23 nitrogen and oxygen atoms in total. The number of unbranched alkanes of at least 4 members (excludes halogenated alkanes) is 1. The quantitative estimate of drug-likeness (QED) is 0.0406. The van der Waals surface area contributed by atoms with Crippen LogP contribution in [0.4, 0.5) is 18.0 Å². The molecule has 1 aliphatic heterocycles. The minimum absolute atomic E-state index is 0.0567. The monoisotopic (exact) mass is 1280 g/mol. The smallest absolute Gasteiger partial charge is 0.416 e. The van der Waals surface area contributed by atoms with Crippen molar-refractivity contribution in [3.63, 3.8) is 0 Å². The van der Waals surface area contributed by atoms with Crippen LogP contribution in [-0.2, 0) is 79.5 Å². The van der Waals surface area contributed by atoms with Gasteiger partial charge in [-0.2, -0.15) is 13.2 Å². The number of carbonyl (C=O) groups is 8. The molecule has 0 saturated carbocycles. The van der Waals surface area contributed by atoms with Crippen LogP contribution in [-0.4, -0.2) is 148 Å². The Morgan fingerprint density at radius 2 is 1.35 bits per heavy atom. The Morgan fingerprint density at radius 1 is 0.750 bits per heavy atom. The number of hydrogen-bond acceptors (Lipinski definition) is 15. The normalized spacial score (nSPS) is 21.3. The number of carboxylic acid groups (broad SMARTS) is 1. The fourth-order valence-electron chi connectivity index (χ4n) is 9.04. The summed E-state index contributed by atoms with van der Waals surface area (Å²) in [6, 6.07) is 14.2. The molecule has 0 bridgehead atoms. The standard InChI is InChI=1S/C59H72F3N9O14S3/c1-34(72)58(5)55(81)69-48(54(79)80)32-87-86-31-47(68-51(76)46(28-35-13-7-6-8-14-35)71-88(83,84)33-37-18-22-39(23-19-37)59(60,61)62)52(77)66-44(27-36-20-24-40(73)25-21-36)49(74)67-45(29-38-30-64-42-16-10-9-15-41(38)42)50(75)65-43(53(78)70-58)17-11-12-26-63-56(82)85-57(2,3)4/h6-10,13-16,18-25,30,34,43-48,64,71-73H,11-12,17,26-29,31-33H2,1-5H3,(H,63,82)(H,65,75)(H,66,77)(H,67,74)(H,68,76)(H,69,81)(H,70,78)(H,79,80)/t34-,43+,44+,45-,46-,47+,48+,58+/m1/s1. The molecule has 5 aromatic rings. The van der Waals surface area contributed by atoms with Gasteiger partial charge >= 0.3 is 18.2 Å². The number of aromatic nitrogens is 1. The van der Waals surface area contributed by atoms with Crippen molar-refractivity contribution >= 4 is 90.0 Å². The summed E-state index contributed by atoms with van der Waals surface area (Å²) in [6.45, 7) is 7.42. The fourth-order valence-corrected chi connectivity index (χ4v) is 12.7. The number of fused-ring (bicyclic) bond motifs is 1. The number of aromatic amines is 1. The van der Waals surface area contributed by atoms with Crippen molar-refractivity contribution in [3.8, 4) is 5.75 Å². The maximum Gasteiger partial charge on any atom is 0.416 e. The number of alkyl carbamates (subject to hydrolysis) is 1. The number of ether oxygens (including phenoxy) is 1. The van der Waals surface area contributed by atoms with Gasteiger partial charge in [-0.15, -0.1) is 0 Å². The van der Waals surface area contributed by atoms with E-state index in [4.69, 9.17) is 4.74 Å². The Bertz CT molecular complexity index is 3370. The molecule has 476 valence electrons. The SMILES string of the molecule is C[C@@H](O)[C@]1(C)NC(=O)[C@H](CCCCNC(=O)OC(C)(C)C)NC(=O)[C@@H](Cc2c[nH]c3ccccc23)NC(=O)[C@H](Cc2ccc(O)cc2)NC(=O)[C@@H](NC(=O)[C@@H](Cc2ccccc2)NS(=O)(=O)Cc2ccc(C(F)(F)F)cc2)CSSC[C@@H](C(=O)O)NC1=O. The van der Waals surface area contributed by atoms with Gasteiger partial charge in [-0.3, -0.25) is 28.8 Å². The van der Waals surface area contributed by atoms with Crippen molar-refractivity contribution in [3.05, 3.63) is 137 Å². The number of benzene rings is 4. The first kappa shape index (κ1) is 69.2. The number of H-pyrrole nitrogens is 1. The predicted molar refractivity (Wildman–Crippen MR) is 323 cm³/mol. The number of phenolic OH excluding ortho intramolecular Hbond substituents is 1. The lowest BCUT2D eigenvalue weighted by atomic mass is 9.93. The topological polar surface area (TPSA) is 353 Å². The summed E-state index contributed by atoms with van der Waals surface area (Å²) in [7, 11) is -2.94. The zero-order valence-electron chi connectivity index (χ0n) is 48.7. The average molecular weight is 1280 g/mol. The lowest BCUT2D eigenvalue weighted by Crippen LogP contribution is -2.67. The second kappa shape index (κ2) is 30.9. The highest BCUT2D eigenvalue weighted by atomic mass is 33.1. The van der Waals surface area contributed by atoms with Crippen molar-refractivity contribution in [1.82, 2.24) is 46.9 Å². The number of carbonyl (C=O) groups excluding carboxylic acids is 7. The molecular formula is C59H72F3N9O14S3. The molecule has 0 unspecified atom stereocenters. The first-order valence-electron chi connectivity index (χ1n) is 27.9. The van der Waals surface area contributed by atoms with Crippen LogP contribution in [0.5, 0.6) is 5.75 Å². The molecule has 8 atom stereocenters. The minimum Gasteiger partial charge on any atom is -0.508 e. The number of rotatable bonds is 19. The number of amides is 7. The molecule has 4 aromatic carbocycles. The Hall–Kier alpha value is -7.86. The molecule has 12 N–H and O–H groups in total. The molecule has 0 aliphatic carbocycles. The van der Waals surface area contributed by atoms with Crippen molar-refractivity contribution in [2.24, 2.45) is 0 Å². The zero-order chi connectivity index (χ0) is 64.6. The number of hydrogen-bond donors (Lipinski definition) is 12. The molecule has 1 fully saturated rings. The van der Waals surface area contributed by atoms with Gasteiger partial charge in [0.1, 0.15) is 53.1 Å². The number of phenols is 1. The number of aliphatic hydroxyl groups excluding tert-OH is 1. The van der Waals surface area contributed by atoms with E-state index in [9.17, 15) is 70.5 Å². The molecule has 0 radical (unpaired) electrons. The largest absolute Gasteiger partial charge is 0.508 e. The number of nitrogens with one attached hydrogen (secondary N) is 9. The molecule has 0 spiro atoms. The first-order valence-corrected chi connectivity index (χ1v) is 32.0. The molecule has 2 heterocycles. The molecular weight excluding hydrogens is 1210 g/mol. The van der Waals surface area contributed by atoms with Gasteiger partial charge in [0, 0.05) is 48.0 Å². The van der Waals surface area contributed by atoms with E-state index in [-0.39, 0.29) is 56.4 Å². The van der Waals surface area contributed by atoms with Crippen LogP contribution >= 0.6 is 21.6 Å². The highest BCUT2D eigenvalue weighted by Gasteiger charge is 2.44. The maximum atomic E-state index is 15.1. The second-order valence-corrected chi connectivity index (χ2v) is 26.5. The summed E-state index contributed by atoms with van der Waals surface area (Å²) in [4.78, 5) is 117. The summed E-state index contributed by atoms with van der Waals surface area (Å²) in [6.07, 6.45) is -6.19. The average Bonchev–Trinajstić information content (AvgIpc) is 2.50. The number of aromatic hydroxyl groups is 1. The first-order chi connectivity index (χ1) is 41.4. The predicted octanol–water partition coefficient (Wildman–Crippen LogP) is 4.26. The Morgan fingerprint density at radius 3 is 1.99 bits per heavy atom. The number of para-hydroxylation sites is 1. The zero-order valence-corrected chi connectivity index (χ0v) is 51.1. The van der Waals surface area contributed by atoms with E-state index in [1.807, 2.05) is 0 Å². The molecule has 1 aromatic heterocycles. The summed E-state index contributed by atoms with van der Waals surface area (Å²) < 4.78 is 75.4. The van der Waals surface area contributed by atoms with Gasteiger partial charge in [-0.1, -0.05) is 94.4 Å². The summed E-state index contributed by atoms with van der Waals surface area (Å²) in [5, 5.41) is 50.5. The van der Waals surface area contributed by atoms with Crippen molar-refractivity contribution in [2.75, 3.05) is 18.1 Å². The molecule has 1 saturated heterocycles. The fraction of sp³-hybridized carbons (Fsp3) is 0.424. The minimum atomic E-state index is -4.71. The Labute approximate surface area is 514 Å². The number of halogens is 3. The summed E-state index contributed by atoms with van der Waals surface area (Å²) >= 11 is 0. The van der Waals surface area contributed by atoms with Crippen LogP contribution in [0.15, 0.2) is 109 Å². The van der Waals surface area contributed by atoms with Gasteiger partial charge in [-0.05, 0) is 113 Å².